The molecule has 0 bridgehead atoms. The molecule has 1 N–H and O–H groups in total. The molecule has 2 amide bonds. The molecule has 6 heteroatoms. The lowest BCUT2D eigenvalue weighted by molar-refractivity contribution is -0.141. The molecule has 1 unspecified atom stereocenters. The summed E-state index contributed by atoms with van der Waals surface area (Å²) in [5.41, 5.74) is 0.970. The summed E-state index contributed by atoms with van der Waals surface area (Å²) in [6, 6.07) is 16.8. The zero-order valence-electron chi connectivity index (χ0n) is 17.2. The molecular formula is C23H29BrN2O3. The lowest BCUT2D eigenvalue weighted by Crippen LogP contribution is -2.49. The summed E-state index contributed by atoms with van der Waals surface area (Å²) in [5.74, 6) is 0.576. The highest BCUT2D eigenvalue weighted by Gasteiger charge is 2.26. The Kier molecular flexibility index (Phi) is 9.19. The van der Waals surface area contributed by atoms with Gasteiger partial charge in [0.25, 0.3) is 0 Å². The third-order valence-corrected chi connectivity index (χ3v) is 4.88. The number of nitrogens with zero attached hydrogens (tertiary/aromatic N) is 1. The molecule has 0 aliphatic rings. The Morgan fingerprint density at radius 3 is 2.45 bits per heavy atom. The van der Waals surface area contributed by atoms with Gasteiger partial charge in [-0.2, -0.15) is 0 Å². The first kappa shape index (κ1) is 22.9. The number of amides is 2. The van der Waals surface area contributed by atoms with E-state index in [4.69, 9.17) is 4.74 Å². The van der Waals surface area contributed by atoms with Crippen LogP contribution in [0.1, 0.15) is 39.2 Å². The Balaban J connectivity index is 2.00. The van der Waals surface area contributed by atoms with Gasteiger partial charge in [0.05, 0.1) is 6.61 Å². The SMILES string of the molecule is CC(C)NC(=O)C(C)N(Cc1cccc(Br)c1)C(=O)CCCOc1ccccc1. The Morgan fingerprint density at radius 1 is 1.07 bits per heavy atom. The van der Waals surface area contributed by atoms with E-state index in [1.165, 1.54) is 0 Å². The fraction of sp³-hybridized carbons (Fsp3) is 0.391. The minimum atomic E-state index is -0.557. The molecule has 0 radical (unpaired) electrons. The molecule has 0 heterocycles. The zero-order chi connectivity index (χ0) is 21.2. The molecule has 1 atom stereocenters. The maximum absolute atomic E-state index is 13.0. The summed E-state index contributed by atoms with van der Waals surface area (Å²) in [4.78, 5) is 27.1. The minimum Gasteiger partial charge on any atom is -0.494 e. The van der Waals surface area contributed by atoms with Crippen molar-refractivity contribution in [3.05, 3.63) is 64.6 Å². The van der Waals surface area contributed by atoms with Gasteiger partial charge in [-0.3, -0.25) is 9.59 Å². The monoisotopic (exact) mass is 460 g/mol. The van der Waals surface area contributed by atoms with Crippen LogP contribution in [0.4, 0.5) is 0 Å². The number of benzene rings is 2. The van der Waals surface area contributed by atoms with Crippen molar-refractivity contribution in [1.82, 2.24) is 10.2 Å². The van der Waals surface area contributed by atoms with E-state index < -0.39 is 6.04 Å². The van der Waals surface area contributed by atoms with Crippen molar-refractivity contribution in [2.24, 2.45) is 0 Å². The number of carbonyl (C=O) groups is 2. The highest BCUT2D eigenvalue weighted by Crippen LogP contribution is 2.17. The summed E-state index contributed by atoms with van der Waals surface area (Å²) < 4.78 is 6.62. The Hall–Kier alpha value is -2.34. The molecule has 0 aromatic heterocycles. The van der Waals surface area contributed by atoms with Crippen LogP contribution in [0.2, 0.25) is 0 Å². The van der Waals surface area contributed by atoms with Gasteiger partial charge in [-0.1, -0.05) is 46.3 Å². The molecule has 29 heavy (non-hydrogen) atoms. The molecule has 2 aromatic carbocycles. The van der Waals surface area contributed by atoms with Crippen molar-refractivity contribution in [2.45, 2.75) is 52.2 Å². The van der Waals surface area contributed by atoms with Crippen LogP contribution in [0.15, 0.2) is 59.1 Å². The normalized spacial score (nSPS) is 11.8. The van der Waals surface area contributed by atoms with Crippen LogP contribution in [0.3, 0.4) is 0 Å². The zero-order valence-corrected chi connectivity index (χ0v) is 18.8. The first-order valence-corrected chi connectivity index (χ1v) is 10.7. The van der Waals surface area contributed by atoms with E-state index in [1.54, 1.807) is 11.8 Å². The smallest absolute Gasteiger partial charge is 0.242 e. The Bertz CT molecular complexity index is 796. The Morgan fingerprint density at radius 2 is 1.79 bits per heavy atom. The average molecular weight is 461 g/mol. The molecule has 2 aromatic rings. The van der Waals surface area contributed by atoms with E-state index in [-0.39, 0.29) is 17.9 Å². The lowest BCUT2D eigenvalue weighted by atomic mass is 10.1. The highest BCUT2D eigenvalue weighted by molar-refractivity contribution is 9.10. The van der Waals surface area contributed by atoms with Crippen LogP contribution in [0, 0.1) is 0 Å². The van der Waals surface area contributed by atoms with Crippen molar-refractivity contribution in [2.75, 3.05) is 6.61 Å². The van der Waals surface area contributed by atoms with Crippen LogP contribution >= 0.6 is 15.9 Å². The van der Waals surface area contributed by atoms with Gasteiger partial charge in [-0.15, -0.1) is 0 Å². The van der Waals surface area contributed by atoms with E-state index in [2.05, 4.69) is 21.2 Å². The van der Waals surface area contributed by atoms with E-state index in [1.807, 2.05) is 68.4 Å². The van der Waals surface area contributed by atoms with Crippen molar-refractivity contribution in [3.63, 3.8) is 0 Å². The quantitative estimate of drug-likeness (QED) is 0.529. The van der Waals surface area contributed by atoms with Gasteiger partial charge in [0.2, 0.25) is 11.8 Å². The molecule has 5 nitrogen and oxygen atoms in total. The summed E-state index contributed by atoms with van der Waals surface area (Å²) in [6.45, 7) is 6.42. The minimum absolute atomic E-state index is 0.0204. The summed E-state index contributed by atoms with van der Waals surface area (Å²) in [7, 11) is 0. The number of halogens is 1. The summed E-state index contributed by atoms with van der Waals surface area (Å²) in [5, 5.41) is 2.90. The highest BCUT2D eigenvalue weighted by atomic mass is 79.9. The molecule has 0 saturated carbocycles. The molecule has 2 rings (SSSR count). The van der Waals surface area contributed by atoms with Gasteiger partial charge in [0.15, 0.2) is 0 Å². The standard InChI is InChI=1S/C23H29BrN2O3/c1-17(2)25-23(28)18(3)26(16-19-9-7-10-20(24)15-19)22(27)13-8-14-29-21-11-5-4-6-12-21/h4-7,9-12,15,17-18H,8,13-14,16H2,1-3H3,(H,25,28). The van der Waals surface area contributed by atoms with Crippen LogP contribution in [0.5, 0.6) is 5.75 Å². The lowest BCUT2D eigenvalue weighted by Gasteiger charge is -2.29. The van der Waals surface area contributed by atoms with E-state index in [0.29, 0.717) is 26.0 Å². The fourth-order valence-electron chi connectivity index (χ4n) is 2.89. The first-order valence-electron chi connectivity index (χ1n) is 9.89. The Labute approximate surface area is 181 Å². The van der Waals surface area contributed by atoms with Crippen molar-refractivity contribution in [1.29, 1.82) is 0 Å². The molecule has 0 saturated heterocycles. The maximum atomic E-state index is 13.0. The van der Waals surface area contributed by atoms with Crippen LogP contribution in [0.25, 0.3) is 0 Å². The predicted molar refractivity (Wildman–Crippen MR) is 119 cm³/mol. The van der Waals surface area contributed by atoms with Crippen molar-refractivity contribution in [3.8, 4) is 5.75 Å². The molecule has 0 aliphatic carbocycles. The number of hydrogen-bond donors (Lipinski definition) is 1. The second kappa shape index (κ2) is 11.6. The van der Waals surface area contributed by atoms with Crippen molar-refractivity contribution < 1.29 is 14.3 Å². The van der Waals surface area contributed by atoms with Gasteiger partial charge in [0.1, 0.15) is 11.8 Å². The van der Waals surface area contributed by atoms with Gasteiger partial charge < -0.3 is 15.0 Å². The number of nitrogens with one attached hydrogen (secondary N) is 1. The van der Waals surface area contributed by atoms with Gasteiger partial charge in [-0.05, 0) is 57.0 Å². The fourth-order valence-corrected chi connectivity index (χ4v) is 3.34. The number of rotatable bonds is 10. The third-order valence-electron chi connectivity index (χ3n) is 4.39. The molecular weight excluding hydrogens is 432 g/mol. The summed E-state index contributed by atoms with van der Waals surface area (Å²) in [6.07, 6.45) is 0.904. The van der Waals surface area contributed by atoms with Gasteiger partial charge in [0, 0.05) is 23.5 Å². The third kappa shape index (κ3) is 7.89. The number of para-hydroxylation sites is 1. The van der Waals surface area contributed by atoms with E-state index in [0.717, 1.165) is 15.8 Å². The van der Waals surface area contributed by atoms with Gasteiger partial charge >= 0.3 is 0 Å². The van der Waals surface area contributed by atoms with Crippen LogP contribution in [-0.2, 0) is 16.1 Å². The van der Waals surface area contributed by atoms with Crippen LogP contribution in [-0.4, -0.2) is 35.4 Å². The number of carbonyl (C=O) groups excluding carboxylic acids is 2. The topological polar surface area (TPSA) is 58.6 Å². The van der Waals surface area contributed by atoms with Gasteiger partial charge in [-0.25, -0.2) is 0 Å². The van der Waals surface area contributed by atoms with Crippen LogP contribution < -0.4 is 10.1 Å². The maximum Gasteiger partial charge on any atom is 0.242 e. The summed E-state index contributed by atoms with van der Waals surface area (Å²) >= 11 is 3.46. The second-order valence-electron chi connectivity index (χ2n) is 7.26. The molecule has 156 valence electrons. The second-order valence-corrected chi connectivity index (χ2v) is 8.17. The average Bonchev–Trinajstić information content (AvgIpc) is 2.69. The van der Waals surface area contributed by atoms with Crippen molar-refractivity contribution >= 4 is 27.7 Å². The first-order chi connectivity index (χ1) is 13.9. The number of hydrogen-bond acceptors (Lipinski definition) is 3. The van der Waals surface area contributed by atoms with E-state index in [9.17, 15) is 9.59 Å². The molecule has 0 fully saturated rings. The predicted octanol–water partition coefficient (Wildman–Crippen LogP) is 4.55. The number of ether oxygens (including phenoxy) is 1. The van der Waals surface area contributed by atoms with E-state index >= 15 is 0 Å². The molecule has 0 spiro atoms. The largest absolute Gasteiger partial charge is 0.494 e. The molecule has 0 aliphatic heterocycles.